The first-order chi connectivity index (χ1) is 14.1. The zero-order chi connectivity index (χ0) is 21.8. The Labute approximate surface area is 184 Å². The highest BCUT2D eigenvalue weighted by molar-refractivity contribution is 5.80. The van der Waals surface area contributed by atoms with Gasteiger partial charge in [-0.3, -0.25) is 4.79 Å². The van der Waals surface area contributed by atoms with Crippen LogP contribution in [0.3, 0.4) is 0 Å². The minimum atomic E-state index is -0.220. The van der Waals surface area contributed by atoms with Crippen molar-refractivity contribution in [1.29, 1.82) is 0 Å². The fraction of sp³-hybridized carbons (Fsp3) is 0.963. The van der Waals surface area contributed by atoms with Gasteiger partial charge in [-0.05, 0) is 104 Å². The van der Waals surface area contributed by atoms with Crippen molar-refractivity contribution in [2.45, 2.75) is 111 Å². The summed E-state index contributed by atoms with van der Waals surface area (Å²) in [7, 11) is 0. The maximum Gasteiger partial charge on any atom is 0.135 e. The standard InChI is InChI=1S/C27H46O3/c1-16(2)24(29)11-6-17(3)21-9-10-22-20-8-7-18-14-19(28)12-13-26(18,4)23(20)15-25(30)27(21,22)5/h16-23,25,28,30H,6-15H2,1-5H3. The molecule has 0 aromatic rings. The SMILES string of the molecule is CC(C)C(=O)CCC(C)C1CCC2C3CCC4CC(O)CCC4(C)C3CC(O)C12C. The van der Waals surface area contributed by atoms with E-state index in [2.05, 4.69) is 20.8 Å². The first-order valence-electron chi connectivity index (χ1n) is 13.0. The Hall–Kier alpha value is -0.410. The molecule has 0 radical (unpaired) electrons. The van der Waals surface area contributed by atoms with Crippen LogP contribution in [0.5, 0.6) is 0 Å². The van der Waals surface area contributed by atoms with Gasteiger partial charge in [-0.2, -0.15) is 0 Å². The van der Waals surface area contributed by atoms with Gasteiger partial charge >= 0.3 is 0 Å². The van der Waals surface area contributed by atoms with Crippen molar-refractivity contribution in [2.24, 2.45) is 52.3 Å². The molecule has 4 aliphatic rings. The number of carbonyl (C=O) groups excluding carboxylic acids is 1. The van der Waals surface area contributed by atoms with E-state index in [4.69, 9.17) is 0 Å². The molecule has 4 fully saturated rings. The van der Waals surface area contributed by atoms with Gasteiger partial charge in [0.05, 0.1) is 12.2 Å². The van der Waals surface area contributed by atoms with E-state index in [0.29, 0.717) is 47.2 Å². The Morgan fingerprint density at radius 2 is 1.70 bits per heavy atom. The third kappa shape index (κ3) is 3.51. The molecule has 10 unspecified atom stereocenters. The Morgan fingerprint density at radius 3 is 2.40 bits per heavy atom. The molecular weight excluding hydrogens is 372 g/mol. The van der Waals surface area contributed by atoms with Crippen molar-refractivity contribution >= 4 is 5.78 Å². The smallest absolute Gasteiger partial charge is 0.135 e. The Kier molecular flexibility index (Phi) is 6.21. The quantitative estimate of drug-likeness (QED) is 0.609. The number of fused-ring (bicyclic) bond motifs is 5. The number of hydrogen-bond acceptors (Lipinski definition) is 3. The van der Waals surface area contributed by atoms with Crippen molar-refractivity contribution in [1.82, 2.24) is 0 Å². The molecule has 4 rings (SSSR count). The third-order valence-electron chi connectivity index (χ3n) is 11.0. The molecule has 0 amide bonds. The van der Waals surface area contributed by atoms with Gasteiger partial charge in [0.1, 0.15) is 5.78 Å². The van der Waals surface area contributed by atoms with Gasteiger partial charge in [0.15, 0.2) is 0 Å². The molecule has 0 saturated heterocycles. The summed E-state index contributed by atoms with van der Waals surface area (Å²) >= 11 is 0. The van der Waals surface area contributed by atoms with Crippen LogP contribution in [0, 0.1) is 52.3 Å². The number of aliphatic hydroxyl groups is 2. The van der Waals surface area contributed by atoms with Crippen molar-refractivity contribution in [3.63, 3.8) is 0 Å². The summed E-state index contributed by atoms with van der Waals surface area (Å²) in [6.45, 7) is 11.2. The van der Waals surface area contributed by atoms with E-state index >= 15 is 0 Å². The van der Waals surface area contributed by atoms with Crippen LogP contribution in [0.15, 0.2) is 0 Å². The van der Waals surface area contributed by atoms with Crippen LogP contribution >= 0.6 is 0 Å². The molecule has 2 N–H and O–H groups in total. The molecule has 0 heterocycles. The van der Waals surface area contributed by atoms with Crippen LogP contribution in [-0.2, 0) is 4.79 Å². The lowest BCUT2D eigenvalue weighted by atomic mass is 9.43. The van der Waals surface area contributed by atoms with Gasteiger partial charge in [-0.1, -0.05) is 34.6 Å². The minimum absolute atomic E-state index is 0.0127. The lowest BCUT2D eigenvalue weighted by molar-refractivity contribution is -0.175. The van der Waals surface area contributed by atoms with Crippen molar-refractivity contribution in [3.05, 3.63) is 0 Å². The average Bonchev–Trinajstić information content (AvgIpc) is 3.06. The highest BCUT2D eigenvalue weighted by Crippen LogP contribution is 2.68. The van der Waals surface area contributed by atoms with Gasteiger partial charge in [0.2, 0.25) is 0 Å². The van der Waals surface area contributed by atoms with Gasteiger partial charge in [0, 0.05) is 12.3 Å². The predicted octanol–water partition coefficient (Wildman–Crippen LogP) is 5.62. The highest BCUT2D eigenvalue weighted by atomic mass is 16.3. The summed E-state index contributed by atoms with van der Waals surface area (Å²) in [6, 6.07) is 0. The van der Waals surface area contributed by atoms with Gasteiger partial charge in [-0.15, -0.1) is 0 Å². The molecule has 0 aromatic heterocycles. The minimum Gasteiger partial charge on any atom is -0.393 e. The molecule has 0 spiro atoms. The Morgan fingerprint density at radius 1 is 0.967 bits per heavy atom. The van der Waals surface area contributed by atoms with E-state index in [1.54, 1.807) is 0 Å². The van der Waals surface area contributed by atoms with Gasteiger partial charge in [-0.25, -0.2) is 0 Å². The first kappa shape index (κ1) is 22.8. The summed E-state index contributed by atoms with van der Waals surface area (Å²) in [5, 5.41) is 21.9. The summed E-state index contributed by atoms with van der Waals surface area (Å²) in [5.41, 5.74) is 0.316. The molecule has 0 aliphatic heterocycles. The maximum atomic E-state index is 12.2. The second kappa shape index (κ2) is 8.18. The second-order valence-corrected chi connectivity index (χ2v) is 12.5. The van der Waals surface area contributed by atoms with Crippen molar-refractivity contribution in [2.75, 3.05) is 0 Å². The first-order valence-corrected chi connectivity index (χ1v) is 13.0. The number of Topliss-reactive ketones (excluding diaryl/α,β-unsaturated/α-hetero) is 1. The fourth-order valence-electron chi connectivity index (χ4n) is 9.02. The monoisotopic (exact) mass is 418 g/mol. The Bertz CT molecular complexity index is 644. The lowest BCUT2D eigenvalue weighted by Gasteiger charge is -2.62. The molecule has 3 nitrogen and oxygen atoms in total. The largest absolute Gasteiger partial charge is 0.393 e. The van der Waals surface area contributed by atoms with E-state index < -0.39 is 0 Å². The molecule has 10 atom stereocenters. The van der Waals surface area contributed by atoms with E-state index in [1.807, 2.05) is 13.8 Å². The van der Waals surface area contributed by atoms with Crippen LogP contribution in [0.4, 0.5) is 0 Å². The molecule has 4 aliphatic carbocycles. The second-order valence-electron chi connectivity index (χ2n) is 12.5. The zero-order valence-corrected chi connectivity index (χ0v) is 20.1. The molecule has 0 aromatic carbocycles. The number of aliphatic hydroxyl groups excluding tert-OH is 2. The summed E-state index contributed by atoms with van der Waals surface area (Å²) in [4.78, 5) is 12.2. The molecule has 172 valence electrons. The third-order valence-corrected chi connectivity index (χ3v) is 11.0. The lowest BCUT2D eigenvalue weighted by Crippen LogP contribution is -2.58. The van der Waals surface area contributed by atoms with E-state index in [1.165, 1.54) is 25.7 Å². The van der Waals surface area contributed by atoms with Gasteiger partial charge < -0.3 is 10.2 Å². The fourth-order valence-corrected chi connectivity index (χ4v) is 9.02. The van der Waals surface area contributed by atoms with Crippen LogP contribution in [-0.4, -0.2) is 28.2 Å². The van der Waals surface area contributed by atoms with Gasteiger partial charge in [0.25, 0.3) is 0 Å². The predicted molar refractivity (Wildman–Crippen MR) is 121 cm³/mol. The molecule has 30 heavy (non-hydrogen) atoms. The number of carbonyl (C=O) groups is 1. The average molecular weight is 419 g/mol. The van der Waals surface area contributed by atoms with Crippen LogP contribution < -0.4 is 0 Å². The normalized spacial score (nSPS) is 49.3. The summed E-state index contributed by atoms with van der Waals surface area (Å²) in [5.74, 6) is 4.19. The molecule has 4 saturated carbocycles. The number of rotatable bonds is 5. The summed E-state index contributed by atoms with van der Waals surface area (Å²) < 4.78 is 0. The highest BCUT2D eigenvalue weighted by Gasteiger charge is 2.63. The van der Waals surface area contributed by atoms with Crippen molar-refractivity contribution < 1.29 is 15.0 Å². The van der Waals surface area contributed by atoms with Crippen LogP contribution in [0.2, 0.25) is 0 Å². The van der Waals surface area contributed by atoms with Crippen LogP contribution in [0.1, 0.15) is 98.8 Å². The molecule has 3 heteroatoms. The zero-order valence-electron chi connectivity index (χ0n) is 20.1. The number of ketones is 1. The van der Waals surface area contributed by atoms with Crippen LogP contribution in [0.25, 0.3) is 0 Å². The number of hydrogen-bond donors (Lipinski definition) is 2. The molecular formula is C27H46O3. The molecule has 0 bridgehead atoms. The summed E-state index contributed by atoms with van der Waals surface area (Å²) in [6.07, 6.45) is 10.4. The topological polar surface area (TPSA) is 57.5 Å². The Balaban J connectivity index is 1.52. The maximum absolute atomic E-state index is 12.2. The van der Waals surface area contributed by atoms with E-state index in [9.17, 15) is 15.0 Å². The van der Waals surface area contributed by atoms with E-state index in [-0.39, 0.29) is 23.5 Å². The van der Waals surface area contributed by atoms with E-state index in [0.717, 1.165) is 38.0 Å². The van der Waals surface area contributed by atoms with Crippen molar-refractivity contribution in [3.8, 4) is 0 Å².